The van der Waals surface area contributed by atoms with Gasteiger partial charge in [-0.05, 0) is 37.5 Å². The fourth-order valence-electron chi connectivity index (χ4n) is 2.35. The van der Waals surface area contributed by atoms with Gasteiger partial charge in [0.15, 0.2) is 0 Å². The molecule has 2 rings (SSSR count). The molecule has 1 saturated carbocycles. The first-order valence-electron chi connectivity index (χ1n) is 7.02. The first kappa shape index (κ1) is 14.9. The van der Waals surface area contributed by atoms with Gasteiger partial charge in [-0.25, -0.2) is 10.2 Å². The first-order chi connectivity index (χ1) is 9.65. The number of hydrogen-bond acceptors (Lipinski definition) is 2. The number of rotatable bonds is 3. The average molecular weight is 294 g/mol. The largest absolute Gasteiger partial charge is 0.335 e. The molecule has 1 aliphatic carbocycles. The van der Waals surface area contributed by atoms with E-state index in [1.54, 1.807) is 12.1 Å². The van der Waals surface area contributed by atoms with E-state index < -0.39 is 0 Å². The zero-order valence-electron chi connectivity index (χ0n) is 11.7. The van der Waals surface area contributed by atoms with Gasteiger partial charge in [0.05, 0.1) is 5.71 Å². The second-order valence-corrected chi connectivity index (χ2v) is 5.56. The van der Waals surface area contributed by atoms with Gasteiger partial charge in [-0.15, -0.1) is 0 Å². The Morgan fingerprint density at radius 1 is 1.20 bits per heavy atom. The van der Waals surface area contributed by atoms with Crippen LogP contribution in [0.15, 0.2) is 29.4 Å². The van der Waals surface area contributed by atoms with Crippen LogP contribution in [-0.4, -0.2) is 17.8 Å². The SMILES string of the molecule is CC(=NNC(=O)NC1CCCCC1)c1ccc(Cl)cc1. The molecule has 1 aliphatic rings. The third-order valence-electron chi connectivity index (χ3n) is 3.53. The zero-order valence-corrected chi connectivity index (χ0v) is 12.4. The van der Waals surface area contributed by atoms with E-state index in [0.29, 0.717) is 5.02 Å². The van der Waals surface area contributed by atoms with Gasteiger partial charge in [-0.2, -0.15) is 5.10 Å². The lowest BCUT2D eigenvalue weighted by molar-refractivity contribution is 0.233. The number of amides is 2. The van der Waals surface area contributed by atoms with Crippen molar-refractivity contribution in [3.63, 3.8) is 0 Å². The molecular weight excluding hydrogens is 274 g/mol. The van der Waals surface area contributed by atoms with E-state index >= 15 is 0 Å². The molecule has 4 nitrogen and oxygen atoms in total. The van der Waals surface area contributed by atoms with Crippen molar-refractivity contribution < 1.29 is 4.79 Å². The van der Waals surface area contributed by atoms with Crippen LogP contribution in [0.1, 0.15) is 44.6 Å². The molecule has 0 unspecified atom stereocenters. The highest BCUT2D eigenvalue weighted by Crippen LogP contribution is 2.17. The van der Waals surface area contributed by atoms with Gasteiger partial charge in [0.25, 0.3) is 0 Å². The highest BCUT2D eigenvalue weighted by atomic mass is 35.5. The van der Waals surface area contributed by atoms with E-state index in [1.807, 2.05) is 19.1 Å². The Balaban J connectivity index is 1.84. The van der Waals surface area contributed by atoms with Gasteiger partial charge in [0.2, 0.25) is 0 Å². The fraction of sp³-hybridized carbons (Fsp3) is 0.467. The lowest BCUT2D eigenvalue weighted by Gasteiger charge is -2.22. The van der Waals surface area contributed by atoms with Gasteiger partial charge < -0.3 is 5.32 Å². The van der Waals surface area contributed by atoms with Crippen LogP contribution >= 0.6 is 11.6 Å². The van der Waals surface area contributed by atoms with Crippen molar-refractivity contribution in [2.45, 2.75) is 45.1 Å². The summed E-state index contributed by atoms with van der Waals surface area (Å²) >= 11 is 5.83. The monoisotopic (exact) mass is 293 g/mol. The summed E-state index contributed by atoms with van der Waals surface area (Å²) in [5, 5.41) is 7.74. The van der Waals surface area contributed by atoms with Crippen molar-refractivity contribution in [2.24, 2.45) is 5.10 Å². The number of urea groups is 1. The van der Waals surface area contributed by atoms with E-state index in [2.05, 4.69) is 15.8 Å². The Kier molecular flexibility index (Phi) is 5.41. The third kappa shape index (κ3) is 4.53. The third-order valence-corrected chi connectivity index (χ3v) is 3.78. The lowest BCUT2D eigenvalue weighted by atomic mass is 9.96. The smallest absolute Gasteiger partial charge is 0.334 e. The maximum absolute atomic E-state index is 11.8. The molecule has 0 aliphatic heterocycles. The summed E-state index contributed by atoms with van der Waals surface area (Å²) in [5.41, 5.74) is 4.24. The molecule has 0 heterocycles. The summed E-state index contributed by atoms with van der Waals surface area (Å²) in [6.07, 6.45) is 5.78. The molecule has 2 N–H and O–H groups in total. The maximum atomic E-state index is 11.8. The molecule has 1 fully saturated rings. The molecular formula is C15H20ClN3O. The lowest BCUT2D eigenvalue weighted by Crippen LogP contribution is -2.41. The van der Waals surface area contributed by atoms with Crippen LogP contribution in [-0.2, 0) is 0 Å². The van der Waals surface area contributed by atoms with Crippen molar-refractivity contribution in [1.82, 2.24) is 10.7 Å². The van der Waals surface area contributed by atoms with Crippen molar-refractivity contribution in [3.8, 4) is 0 Å². The Labute approximate surface area is 124 Å². The van der Waals surface area contributed by atoms with Gasteiger partial charge >= 0.3 is 6.03 Å². The van der Waals surface area contributed by atoms with Crippen molar-refractivity contribution in [2.75, 3.05) is 0 Å². The minimum Gasteiger partial charge on any atom is -0.334 e. The normalized spacial score (nSPS) is 16.8. The first-order valence-corrected chi connectivity index (χ1v) is 7.39. The molecule has 1 aromatic rings. The minimum atomic E-state index is -0.231. The Morgan fingerprint density at radius 3 is 2.50 bits per heavy atom. The van der Waals surface area contributed by atoms with Gasteiger partial charge in [-0.3, -0.25) is 0 Å². The summed E-state index contributed by atoms with van der Waals surface area (Å²) in [5.74, 6) is 0. The number of carbonyl (C=O) groups excluding carboxylic acids is 1. The quantitative estimate of drug-likeness (QED) is 0.648. The second kappa shape index (κ2) is 7.29. The number of carbonyl (C=O) groups is 1. The molecule has 0 bridgehead atoms. The van der Waals surface area contributed by atoms with E-state index in [9.17, 15) is 4.79 Å². The summed E-state index contributed by atoms with van der Waals surface area (Å²) in [7, 11) is 0. The molecule has 1 aromatic carbocycles. The highest BCUT2D eigenvalue weighted by Gasteiger charge is 2.15. The zero-order chi connectivity index (χ0) is 14.4. The highest BCUT2D eigenvalue weighted by molar-refractivity contribution is 6.30. The molecule has 2 amide bonds. The van der Waals surface area contributed by atoms with Crippen LogP contribution < -0.4 is 10.7 Å². The second-order valence-electron chi connectivity index (χ2n) is 5.12. The summed E-state index contributed by atoms with van der Waals surface area (Å²) in [6.45, 7) is 1.85. The van der Waals surface area contributed by atoms with Crippen LogP contribution in [0.25, 0.3) is 0 Å². The Morgan fingerprint density at radius 2 is 1.85 bits per heavy atom. The van der Waals surface area contributed by atoms with Crippen LogP contribution in [0.3, 0.4) is 0 Å². The molecule has 20 heavy (non-hydrogen) atoms. The number of halogens is 1. The van der Waals surface area contributed by atoms with Crippen LogP contribution in [0.5, 0.6) is 0 Å². The average Bonchev–Trinajstić information content (AvgIpc) is 2.46. The topological polar surface area (TPSA) is 53.5 Å². The molecule has 0 saturated heterocycles. The molecule has 5 heteroatoms. The van der Waals surface area contributed by atoms with E-state index in [1.165, 1.54) is 19.3 Å². The van der Waals surface area contributed by atoms with Crippen LogP contribution in [0.4, 0.5) is 4.79 Å². The molecule has 108 valence electrons. The number of benzene rings is 1. The Hall–Kier alpha value is -1.55. The van der Waals surface area contributed by atoms with E-state index in [4.69, 9.17) is 11.6 Å². The van der Waals surface area contributed by atoms with Crippen molar-refractivity contribution in [1.29, 1.82) is 0 Å². The molecule has 0 spiro atoms. The van der Waals surface area contributed by atoms with Crippen LogP contribution in [0, 0.1) is 0 Å². The molecule has 0 aromatic heterocycles. The van der Waals surface area contributed by atoms with Gasteiger partial charge in [0, 0.05) is 11.1 Å². The summed E-state index contributed by atoms with van der Waals surface area (Å²) < 4.78 is 0. The van der Waals surface area contributed by atoms with Gasteiger partial charge in [-0.1, -0.05) is 43.0 Å². The summed E-state index contributed by atoms with van der Waals surface area (Å²) in [6, 6.07) is 7.42. The molecule has 0 radical (unpaired) electrons. The number of hydrogen-bond donors (Lipinski definition) is 2. The number of nitrogens with one attached hydrogen (secondary N) is 2. The fourth-order valence-corrected chi connectivity index (χ4v) is 2.48. The number of hydrazone groups is 1. The van der Waals surface area contributed by atoms with E-state index in [0.717, 1.165) is 24.1 Å². The standard InChI is InChI=1S/C15H20ClN3O/c1-11(12-7-9-13(16)10-8-12)18-19-15(20)17-14-5-3-2-4-6-14/h7-10,14H,2-6H2,1H3,(H2,17,19,20). The number of nitrogens with zero attached hydrogens (tertiary/aromatic N) is 1. The van der Waals surface area contributed by atoms with E-state index in [-0.39, 0.29) is 12.1 Å². The predicted octanol–water partition coefficient (Wildman–Crippen LogP) is 3.70. The Bertz CT molecular complexity index is 478. The van der Waals surface area contributed by atoms with Gasteiger partial charge in [0.1, 0.15) is 0 Å². The molecule has 0 atom stereocenters. The predicted molar refractivity (Wildman–Crippen MR) is 82.2 cm³/mol. The van der Waals surface area contributed by atoms with Crippen LogP contribution in [0.2, 0.25) is 5.02 Å². The van der Waals surface area contributed by atoms with Crippen molar-refractivity contribution >= 4 is 23.3 Å². The maximum Gasteiger partial charge on any atom is 0.335 e. The minimum absolute atomic E-state index is 0.231. The van der Waals surface area contributed by atoms with Crippen molar-refractivity contribution in [3.05, 3.63) is 34.9 Å². The summed E-state index contributed by atoms with van der Waals surface area (Å²) in [4.78, 5) is 11.8.